The van der Waals surface area contributed by atoms with Crippen LogP contribution in [0, 0.1) is 0 Å². The number of sulfonamides is 1. The van der Waals surface area contributed by atoms with E-state index in [1.807, 2.05) is 0 Å². The largest absolute Gasteiger partial charge is 0.518 e. The van der Waals surface area contributed by atoms with E-state index in [-0.39, 0.29) is 6.42 Å². The first-order valence-electron chi connectivity index (χ1n) is 2.66. The van der Waals surface area contributed by atoms with Gasteiger partial charge in [0.15, 0.2) is 0 Å². The van der Waals surface area contributed by atoms with Crippen LogP contribution in [0.1, 0.15) is 13.3 Å². The fraction of sp³-hybridized carbons (Fsp3) is 0.750. The van der Waals surface area contributed by atoms with Crippen LogP contribution in [0.15, 0.2) is 4.40 Å². The van der Waals surface area contributed by atoms with Crippen LogP contribution in [0.3, 0.4) is 0 Å². The van der Waals surface area contributed by atoms with Crippen molar-refractivity contribution in [1.82, 2.24) is 0 Å². The lowest BCUT2D eigenvalue weighted by Gasteiger charge is -2.00. The Hall–Kier alpha value is -0.590. The van der Waals surface area contributed by atoms with E-state index in [0.717, 1.165) is 0 Å². The Morgan fingerprint density at radius 3 is 2.18 bits per heavy atom. The zero-order valence-corrected chi connectivity index (χ0v) is 6.41. The quantitative estimate of drug-likeness (QED) is 0.615. The van der Waals surface area contributed by atoms with Crippen LogP contribution in [-0.4, -0.2) is 20.1 Å². The van der Waals surface area contributed by atoms with Gasteiger partial charge in [-0.1, -0.05) is 6.92 Å². The molecule has 0 amide bonds. The highest BCUT2D eigenvalue weighted by Crippen LogP contribution is 2.24. The molecule has 0 saturated heterocycles. The van der Waals surface area contributed by atoms with Crippen LogP contribution >= 0.6 is 0 Å². The zero-order chi connectivity index (χ0) is 9.12. The summed E-state index contributed by atoms with van der Waals surface area (Å²) in [5.74, 6) is 0. The lowest BCUT2D eigenvalue weighted by Crippen LogP contribution is -2.20. The molecular formula is C4H6F3NO2S. The summed E-state index contributed by atoms with van der Waals surface area (Å²) in [5, 5.41) is 0. The molecule has 11 heavy (non-hydrogen) atoms. The zero-order valence-electron chi connectivity index (χ0n) is 5.59. The molecule has 0 saturated carbocycles. The Labute approximate surface area is 62.0 Å². The van der Waals surface area contributed by atoms with E-state index in [2.05, 4.69) is 4.40 Å². The molecule has 0 N–H and O–H groups in total. The van der Waals surface area contributed by atoms with Gasteiger partial charge in [-0.25, -0.2) is 0 Å². The van der Waals surface area contributed by atoms with Crippen molar-refractivity contribution in [2.45, 2.75) is 18.9 Å². The smallest absolute Gasteiger partial charge is 0.195 e. The summed E-state index contributed by atoms with van der Waals surface area (Å²) < 4.78 is 56.9. The molecule has 0 aromatic rings. The highest BCUT2D eigenvalue weighted by molar-refractivity contribution is 7.91. The Morgan fingerprint density at radius 2 is 1.91 bits per heavy atom. The summed E-state index contributed by atoms with van der Waals surface area (Å²) >= 11 is 0. The van der Waals surface area contributed by atoms with E-state index in [9.17, 15) is 21.6 Å². The monoisotopic (exact) mass is 189 g/mol. The van der Waals surface area contributed by atoms with Gasteiger partial charge in [-0.3, -0.25) is 0 Å². The van der Waals surface area contributed by atoms with Gasteiger partial charge >= 0.3 is 15.5 Å². The van der Waals surface area contributed by atoms with E-state index in [4.69, 9.17) is 0 Å². The van der Waals surface area contributed by atoms with Crippen molar-refractivity contribution in [2.75, 3.05) is 0 Å². The second-order valence-corrected chi connectivity index (χ2v) is 3.24. The van der Waals surface area contributed by atoms with Crippen LogP contribution < -0.4 is 0 Å². The molecule has 0 radical (unpaired) electrons. The summed E-state index contributed by atoms with van der Waals surface area (Å²) in [5.41, 5.74) is -5.28. The SMILES string of the molecule is CC/C=N/S(=O)(=O)C(F)(F)F. The minimum Gasteiger partial charge on any atom is -0.195 e. The predicted molar refractivity (Wildman–Crippen MR) is 33.8 cm³/mol. The van der Waals surface area contributed by atoms with Gasteiger partial charge in [-0.05, 0) is 6.42 Å². The molecule has 0 unspecified atom stereocenters. The molecule has 3 nitrogen and oxygen atoms in total. The third kappa shape index (κ3) is 2.87. The van der Waals surface area contributed by atoms with Crippen molar-refractivity contribution in [1.29, 1.82) is 0 Å². The minimum atomic E-state index is -5.29. The normalized spacial score (nSPS) is 14.2. The van der Waals surface area contributed by atoms with Crippen molar-refractivity contribution >= 4 is 16.2 Å². The van der Waals surface area contributed by atoms with E-state index in [0.29, 0.717) is 6.21 Å². The van der Waals surface area contributed by atoms with Crippen molar-refractivity contribution in [3.05, 3.63) is 0 Å². The van der Waals surface area contributed by atoms with Gasteiger partial charge in [-0.2, -0.15) is 26.0 Å². The van der Waals surface area contributed by atoms with E-state index < -0.39 is 15.5 Å². The van der Waals surface area contributed by atoms with Gasteiger partial charge < -0.3 is 0 Å². The van der Waals surface area contributed by atoms with Gasteiger partial charge in [-0.15, -0.1) is 0 Å². The molecule has 0 fully saturated rings. The molecule has 0 aromatic heterocycles. The molecule has 0 aliphatic carbocycles. The highest BCUT2D eigenvalue weighted by atomic mass is 32.2. The van der Waals surface area contributed by atoms with Gasteiger partial charge in [0.05, 0.1) is 0 Å². The first-order valence-corrected chi connectivity index (χ1v) is 4.10. The van der Waals surface area contributed by atoms with E-state index >= 15 is 0 Å². The number of hydrogen-bond acceptors (Lipinski definition) is 2. The Balaban J connectivity index is 4.64. The predicted octanol–water partition coefficient (Wildman–Crippen LogP) is 1.32. The third-order valence-corrected chi connectivity index (χ3v) is 1.70. The fourth-order valence-corrected chi connectivity index (χ4v) is 0.697. The van der Waals surface area contributed by atoms with Crippen molar-refractivity contribution in [3.63, 3.8) is 0 Å². The summed E-state index contributed by atoms with van der Waals surface area (Å²) in [6.45, 7) is 1.48. The summed E-state index contributed by atoms with van der Waals surface area (Å²) in [6, 6.07) is 0. The molecule has 0 atom stereocenters. The number of nitrogens with zero attached hydrogens (tertiary/aromatic N) is 1. The summed E-state index contributed by atoms with van der Waals surface area (Å²) in [6.07, 6.45) is 0.845. The molecule has 66 valence electrons. The third-order valence-electron chi connectivity index (χ3n) is 0.688. The number of hydrogen-bond donors (Lipinski definition) is 0. The highest BCUT2D eigenvalue weighted by Gasteiger charge is 2.45. The molecule has 0 heterocycles. The first-order chi connectivity index (χ1) is 4.81. The van der Waals surface area contributed by atoms with Gasteiger partial charge in [0.2, 0.25) is 0 Å². The van der Waals surface area contributed by atoms with Crippen LogP contribution in [0.2, 0.25) is 0 Å². The average Bonchev–Trinajstić information content (AvgIpc) is 1.81. The topological polar surface area (TPSA) is 46.5 Å². The maximum absolute atomic E-state index is 11.5. The van der Waals surface area contributed by atoms with Gasteiger partial charge in [0.25, 0.3) is 0 Å². The lowest BCUT2D eigenvalue weighted by molar-refractivity contribution is -0.0435. The summed E-state index contributed by atoms with van der Waals surface area (Å²) in [4.78, 5) is 0. The standard InChI is InChI=1S/C4H6F3NO2S/c1-2-3-8-11(9,10)4(5,6)7/h3H,2H2,1H3/b8-3+. The fourth-order valence-electron chi connectivity index (χ4n) is 0.232. The molecule has 7 heteroatoms. The average molecular weight is 189 g/mol. The number of halogens is 3. The Kier molecular flexibility index (Phi) is 3.03. The molecule has 0 aliphatic rings. The second kappa shape index (κ2) is 3.21. The number of rotatable bonds is 2. The van der Waals surface area contributed by atoms with Crippen LogP contribution in [0.4, 0.5) is 13.2 Å². The van der Waals surface area contributed by atoms with Gasteiger partial charge in [0.1, 0.15) is 0 Å². The molecule has 0 bridgehead atoms. The van der Waals surface area contributed by atoms with E-state index in [1.54, 1.807) is 0 Å². The maximum atomic E-state index is 11.5. The van der Waals surface area contributed by atoms with Gasteiger partial charge in [0, 0.05) is 6.21 Å². The van der Waals surface area contributed by atoms with E-state index in [1.165, 1.54) is 6.92 Å². The van der Waals surface area contributed by atoms with Crippen molar-refractivity contribution < 1.29 is 21.6 Å². The summed E-state index contributed by atoms with van der Waals surface area (Å²) in [7, 11) is -5.29. The van der Waals surface area contributed by atoms with Crippen LogP contribution in [-0.2, 0) is 10.0 Å². The Morgan fingerprint density at radius 1 is 1.45 bits per heavy atom. The molecule has 0 aliphatic heterocycles. The lowest BCUT2D eigenvalue weighted by atomic mass is 10.6. The van der Waals surface area contributed by atoms with Crippen molar-refractivity contribution in [2.24, 2.45) is 4.40 Å². The molecule has 0 spiro atoms. The molecule has 0 aromatic carbocycles. The van der Waals surface area contributed by atoms with Crippen LogP contribution in [0.5, 0.6) is 0 Å². The number of alkyl halides is 3. The maximum Gasteiger partial charge on any atom is 0.518 e. The minimum absolute atomic E-state index is 0.148. The van der Waals surface area contributed by atoms with Crippen molar-refractivity contribution in [3.8, 4) is 0 Å². The van der Waals surface area contributed by atoms with Crippen LogP contribution in [0.25, 0.3) is 0 Å². The molecular weight excluding hydrogens is 183 g/mol. The second-order valence-electron chi connectivity index (χ2n) is 1.62. The first kappa shape index (κ1) is 10.4. The Bertz CT molecular complexity index is 241. The molecule has 0 rings (SSSR count).